The van der Waals surface area contributed by atoms with Crippen LogP contribution in [-0.2, 0) is 0 Å². The molecule has 1 aromatic heterocycles. The number of hydrogen-bond acceptors (Lipinski definition) is 6. The molecule has 3 aromatic rings. The van der Waals surface area contributed by atoms with Gasteiger partial charge in [0, 0.05) is 11.5 Å². The number of nitrogens with one attached hydrogen (secondary N) is 1. The molecule has 4 rings (SSSR count). The van der Waals surface area contributed by atoms with Crippen molar-refractivity contribution in [3.8, 4) is 11.5 Å². The van der Waals surface area contributed by atoms with E-state index in [1.54, 1.807) is 18.2 Å². The Morgan fingerprint density at radius 3 is 2.76 bits per heavy atom. The summed E-state index contributed by atoms with van der Waals surface area (Å²) < 4.78 is 10.5. The van der Waals surface area contributed by atoms with Gasteiger partial charge in [0.2, 0.25) is 11.9 Å². The highest BCUT2D eigenvalue weighted by molar-refractivity contribution is 7.15. The largest absolute Gasteiger partial charge is 0.454 e. The summed E-state index contributed by atoms with van der Waals surface area (Å²) >= 11 is 1.37. The Morgan fingerprint density at radius 2 is 1.92 bits per heavy atom. The highest BCUT2D eigenvalue weighted by atomic mass is 32.1. The molecule has 0 saturated carbocycles. The highest BCUT2D eigenvalue weighted by Gasteiger charge is 2.18. The Bertz CT molecular complexity index is 911. The van der Waals surface area contributed by atoms with E-state index in [0.29, 0.717) is 22.2 Å². The molecule has 0 spiro atoms. The van der Waals surface area contributed by atoms with Gasteiger partial charge in [0.05, 0.1) is 0 Å². The van der Waals surface area contributed by atoms with Gasteiger partial charge in [-0.05, 0) is 23.8 Å². The van der Waals surface area contributed by atoms with E-state index in [1.807, 2.05) is 18.2 Å². The lowest BCUT2D eigenvalue weighted by molar-refractivity contribution is 0.102. The number of nitrogens with zero attached hydrogens (tertiary/aromatic N) is 2. The number of fused-ring (bicyclic) bond motifs is 1. The minimum atomic E-state index is -0.256. The predicted octanol–water partition coefficient (Wildman–Crippen LogP) is 3.67. The number of hydrogen-bond donors (Lipinski definition) is 1. The average Bonchev–Trinajstić information content (AvgIpc) is 3.30. The molecule has 7 heteroatoms. The van der Waals surface area contributed by atoms with Crippen molar-refractivity contribution in [3.05, 3.63) is 64.7 Å². The van der Waals surface area contributed by atoms with Gasteiger partial charge in [0.25, 0.3) is 5.91 Å². The zero-order valence-electron chi connectivity index (χ0n) is 13.4. The molecule has 6 nitrogen and oxygen atoms in total. The van der Waals surface area contributed by atoms with Crippen LogP contribution in [0.4, 0.5) is 5.13 Å². The van der Waals surface area contributed by atoms with Crippen LogP contribution in [0.3, 0.4) is 0 Å². The monoisotopic (exact) mass is 353 g/mol. The normalized spacial score (nSPS) is 13.5. The Labute approximate surface area is 148 Å². The second-order valence-electron chi connectivity index (χ2n) is 5.60. The molecule has 2 aromatic carbocycles. The van der Waals surface area contributed by atoms with Crippen molar-refractivity contribution in [2.75, 3.05) is 12.1 Å². The topological polar surface area (TPSA) is 73.3 Å². The van der Waals surface area contributed by atoms with Gasteiger partial charge >= 0.3 is 0 Å². The molecule has 2 heterocycles. The van der Waals surface area contributed by atoms with Crippen molar-refractivity contribution < 1.29 is 14.3 Å². The Hall–Kier alpha value is -2.93. The van der Waals surface area contributed by atoms with Crippen LogP contribution in [-0.4, -0.2) is 22.9 Å². The van der Waals surface area contributed by atoms with Crippen LogP contribution in [0.25, 0.3) is 0 Å². The van der Waals surface area contributed by atoms with Gasteiger partial charge in [-0.1, -0.05) is 48.6 Å². The van der Waals surface area contributed by atoms with Crippen molar-refractivity contribution in [3.63, 3.8) is 0 Å². The van der Waals surface area contributed by atoms with Crippen molar-refractivity contribution in [1.29, 1.82) is 0 Å². The molecule has 0 unspecified atom stereocenters. The van der Waals surface area contributed by atoms with Crippen LogP contribution in [0, 0.1) is 0 Å². The van der Waals surface area contributed by atoms with Gasteiger partial charge in [-0.15, -0.1) is 10.2 Å². The van der Waals surface area contributed by atoms with Crippen LogP contribution < -0.4 is 14.8 Å². The minimum absolute atomic E-state index is 0.120. The number of aromatic nitrogens is 2. The zero-order chi connectivity index (χ0) is 17.2. The first-order chi connectivity index (χ1) is 12.2. The lowest BCUT2D eigenvalue weighted by Gasteiger charge is -2.06. The molecule has 1 aliphatic rings. The summed E-state index contributed by atoms with van der Waals surface area (Å²) in [4.78, 5) is 12.4. The fraction of sp³-hybridized carbons (Fsp3) is 0.167. The van der Waals surface area contributed by atoms with Crippen LogP contribution in [0.2, 0.25) is 0 Å². The minimum Gasteiger partial charge on any atom is -0.454 e. The van der Waals surface area contributed by atoms with Crippen LogP contribution >= 0.6 is 11.3 Å². The summed E-state index contributed by atoms with van der Waals surface area (Å²) in [6, 6.07) is 15.1. The Balaban J connectivity index is 1.48. The van der Waals surface area contributed by atoms with Crippen LogP contribution in [0.15, 0.2) is 48.5 Å². The van der Waals surface area contributed by atoms with Crippen LogP contribution in [0.5, 0.6) is 11.5 Å². The summed E-state index contributed by atoms with van der Waals surface area (Å²) in [5.41, 5.74) is 1.64. The number of carbonyl (C=O) groups excluding carboxylic acids is 1. The van der Waals surface area contributed by atoms with E-state index >= 15 is 0 Å². The van der Waals surface area contributed by atoms with Crippen molar-refractivity contribution in [1.82, 2.24) is 10.2 Å². The van der Waals surface area contributed by atoms with Crippen molar-refractivity contribution in [2.24, 2.45) is 0 Å². The fourth-order valence-electron chi connectivity index (χ4n) is 2.55. The lowest BCUT2D eigenvalue weighted by atomic mass is 10.0. The summed E-state index contributed by atoms with van der Waals surface area (Å²) in [7, 11) is 0. The number of anilines is 1. The summed E-state index contributed by atoms with van der Waals surface area (Å²) in [5, 5.41) is 12.4. The summed E-state index contributed by atoms with van der Waals surface area (Å²) in [6.07, 6.45) is 0. The number of ether oxygens (including phenoxy) is 2. The van der Waals surface area contributed by atoms with Gasteiger partial charge in [0.1, 0.15) is 5.01 Å². The first-order valence-corrected chi connectivity index (χ1v) is 8.62. The fourth-order valence-corrected chi connectivity index (χ4v) is 3.37. The van der Waals surface area contributed by atoms with E-state index in [9.17, 15) is 4.79 Å². The molecule has 1 amide bonds. The van der Waals surface area contributed by atoms with E-state index in [2.05, 4.69) is 34.6 Å². The average molecular weight is 353 g/mol. The Kier molecular flexibility index (Phi) is 4.07. The van der Waals surface area contributed by atoms with Gasteiger partial charge in [-0.2, -0.15) is 0 Å². The van der Waals surface area contributed by atoms with E-state index < -0.39 is 0 Å². The first kappa shape index (κ1) is 15.6. The zero-order valence-corrected chi connectivity index (χ0v) is 14.2. The second-order valence-corrected chi connectivity index (χ2v) is 6.61. The van der Waals surface area contributed by atoms with Gasteiger partial charge in [-0.25, -0.2) is 0 Å². The maximum absolute atomic E-state index is 12.4. The number of benzene rings is 2. The van der Waals surface area contributed by atoms with E-state index in [1.165, 1.54) is 11.3 Å². The van der Waals surface area contributed by atoms with Crippen molar-refractivity contribution in [2.45, 2.75) is 12.8 Å². The molecule has 1 aliphatic heterocycles. The highest BCUT2D eigenvalue weighted by Crippen LogP contribution is 2.33. The number of rotatable bonds is 4. The smallest absolute Gasteiger partial charge is 0.257 e. The first-order valence-electron chi connectivity index (χ1n) is 7.80. The second kappa shape index (κ2) is 6.52. The maximum Gasteiger partial charge on any atom is 0.257 e. The lowest BCUT2D eigenvalue weighted by Crippen LogP contribution is -2.11. The van der Waals surface area contributed by atoms with Gasteiger partial charge in [0.15, 0.2) is 11.5 Å². The Morgan fingerprint density at radius 1 is 1.12 bits per heavy atom. The molecular weight excluding hydrogens is 338 g/mol. The third-order valence-corrected chi connectivity index (χ3v) is 4.99. The third kappa shape index (κ3) is 3.18. The third-order valence-electron chi connectivity index (χ3n) is 3.97. The summed E-state index contributed by atoms with van der Waals surface area (Å²) in [6.45, 7) is 2.25. The predicted molar refractivity (Wildman–Crippen MR) is 94.4 cm³/mol. The SMILES string of the molecule is C[C@@H](c1ccccc1)c1nnc(NC(=O)c2ccc3c(c2)OCO3)s1. The van der Waals surface area contributed by atoms with E-state index in [0.717, 1.165) is 10.6 Å². The number of carbonyl (C=O) groups is 1. The quantitative estimate of drug-likeness (QED) is 0.775. The number of amides is 1. The van der Waals surface area contributed by atoms with Crippen molar-refractivity contribution >= 4 is 22.4 Å². The van der Waals surface area contributed by atoms with Gasteiger partial charge in [-0.3, -0.25) is 10.1 Å². The van der Waals surface area contributed by atoms with Crippen LogP contribution in [0.1, 0.15) is 33.8 Å². The molecule has 1 N–H and O–H groups in total. The van der Waals surface area contributed by atoms with E-state index in [4.69, 9.17) is 9.47 Å². The molecule has 0 saturated heterocycles. The molecule has 126 valence electrons. The summed E-state index contributed by atoms with van der Waals surface area (Å²) in [5.74, 6) is 1.08. The molecular formula is C18H15N3O3S. The molecule has 0 bridgehead atoms. The molecule has 1 atom stereocenters. The molecule has 25 heavy (non-hydrogen) atoms. The standard InChI is InChI=1S/C18H15N3O3S/c1-11(12-5-3-2-4-6-12)17-20-21-18(25-17)19-16(22)13-7-8-14-15(9-13)24-10-23-14/h2-9,11H,10H2,1H3,(H,19,21,22)/t11-/m0/s1. The van der Waals surface area contributed by atoms with Gasteiger partial charge < -0.3 is 9.47 Å². The maximum atomic E-state index is 12.4. The molecule has 0 fully saturated rings. The molecule has 0 aliphatic carbocycles. The van der Waals surface area contributed by atoms with E-state index in [-0.39, 0.29) is 18.6 Å². The molecule has 0 radical (unpaired) electrons.